The van der Waals surface area contributed by atoms with E-state index in [1.54, 1.807) is 0 Å². The number of hydrogen-bond donors (Lipinski definition) is 1. The van der Waals surface area contributed by atoms with Crippen LogP contribution in [0, 0.1) is 13.8 Å². The molecule has 4 heteroatoms. The normalized spacial score (nSPS) is 24.4. The van der Waals surface area contributed by atoms with Gasteiger partial charge >= 0.3 is 0 Å². The Balaban J connectivity index is 1.79. The molecule has 1 fully saturated rings. The topological polar surface area (TPSA) is 24.5 Å². The molecule has 2 aliphatic heterocycles. The lowest BCUT2D eigenvalue weighted by Crippen LogP contribution is -2.65. The minimum Gasteiger partial charge on any atom is -0.467 e. The third-order valence-corrected chi connectivity index (χ3v) is 5.51. The number of nitrogens with zero attached hydrogens (tertiary/aromatic N) is 1. The lowest BCUT2D eigenvalue weighted by atomic mass is 9.89. The van der Waals surface area contributed by atoms with E-state index in [1.165, 1.54) is 22.3 Å². The quantitative estimate of drug-likeness (QED) is 0.785. The van der Waals surface area contributed by atoms with Gasteiger partial charge in [0.05, 0.1) is 6.04 Å². The first-order valence-electron chi connectivity index (χ1n) is 8.90. The van der Waals surface area contributed by atoms with Gasteiger partial charge in [0.25, 0.3) is 0 Å². The number of aryl methyl sites for hydroxylation is 3. The van der Waals surface area contributed by atoms with Crippen LogP contribution >= 0.6 is 12.2 Å². The smallest absolute Gasteiger partial charge is 0.188 e. The largest absolute Gasteiger partial charge is 0.467 e. The predicted octanol–water partition coefficient (Wildman–Crippen LogP) is 4.80. The summed E-state index contributed by atoms with van der Waals surface area (Å²) in [5.74, 6) is 0.959. The summed E-state index contributed by atoms with van der Waals surface area (Å²) < 4.78 is 6.51. The van der Waals surface area contributed by atoms with Gasteiger partial charge in [0, 0.05) is 17.7 Å². The number of ether oxygens (including phenoxy) is 1. The molecular weight excluding hydrogens is 328 g/mol. The van der Waals surface area contributed by atoms with E-state index in [4.69, 9.17) is 17.0 Å². The van der Waals surface area contributed by atoms with Crippen molar-refractivity contribution in [3.8, 4) is 5.75 Å². The Morgan fingerprint density at radius 3 is 2.60 bits per heavy atom. The van der Waals surface area contributed by atoms with E-state index in [0.717, 1.165) is 29.4 Å². The molecule has 0 unspecified atom stereocenters. The highest BCUT2D eigenvalue weighted by atomic mass is 32.1. The molecule has 2 atom stereocenters. The van der Waals surface area contributed by atoms with Crippen molar-refractivity contribution in [3.05, 3.63) is 58.7 Å². The van der Waals surface area contributed by atoms with E-state index >= 15 is 0 Å². The lowest BCUT2D eigenvalue weighted by molar-refractivity contribution is 0.0497. The van der Waals surface area contributed by atoms with Crippen molar-refractivity contribution in [2.75, 3.05) is 4.90 Å². The number of fused-ring (bicyclic) bond motifs is 4. The maximum absolute atomic E-state index is 6.51. The Bertz CT molecular complexity index is 843. The highest BCUT2D eigenvalue weighted by Gasteiger charge is 2.48. The fraction of sp³-hybridized carbons (Fsp3) is 0.381. The van der Waals surface area contributed by atoms with Gasteiger partial charge in [0.1, 0.15) is 5.75 Å². The molecule has 0 aliphatic carbocycles. The Hall–Kier alpha value is -2.07. The van der Waals surface area contributed by atoms with Crippen LogP contribution in [0.15, 0.2) is 36.4 Å². The van der Waals surface area contributed by atoms with Crippen LogP contribution < -0.4 is 15.0 Å². The standard InChI is InChI=1S/C21H24N2OS/c1-5-15-6-7-19-17(11-15)18-12-21(4,24-19)23(20(25)22-18)16-9-13(2)8-14(3)10-16/h6-11,18H,5,12H2,1-4H3,(H,22,25)/t18-,21+/m0/s1. The highest BCUT2D eigenvalue weighted by Crippen LogP contribution is 2.46. The molecule has 0 saturated carbocycles. The zero-order chi connectivity index (χ0) is 17.8. The van der Waals surface area contributed by atoms with E-state index in [9.17, 15) is 0 Å². The highest BCUT2D eigenvalue weighted by molar-refractivity contribution is 7.80. The van der Waals surface area contributed by atoms with Crippen molar-refractivity contribution < 1.29 is 4.74 Å². The molecule has 4 rings (SSSR count). The molecule has 2 heterocycles. The van der Waals surface area contributed by atoms with Crippen molar-refractivity contribution in [3.63, 3.8) is 0 Å². The van der Waals surface area contributed by atoms with Crippen LogP contribution in [-0.2, 0) is 6.42 Å². The van der Waals surface area contributed by atoms with Crippen molar-refractivity contribution >= 4 is 23.0 Å². The Labute approximate surface area is 155 Å². The van der Waals surface area contributed by atoms with Gasteiger partial charge in [0.15, 0.2) is 10.8 Å². The van der Waals surface area contributed by atoms with Crippen LogP contribution in [0.4, 0.5) is 5.69 Å². The van der Waals surface area contributed by atoms with Crippen molar-refractivity contribution in [1.29, 1.82) is 0 Å². The average Bonchev–Trinajstić information content (AvgIpc) is 2.52. The third-order valence-electron chi connectivity index (χ3n) is 5.21. The minimum atomic E-state index is -0.478. The van der Waals surface area contributed by atoms with Crippen LogP contribution in [0.3, 0.4) is 0 Å². The average molecular weight is 353 g/mol. The summed E-state index contributed by atoms with van der Waals surface area (Å²) in [6.07, 6.45) is 1.89. The van der Waals surface area contributed by atoms with E-state index in [2.05, 4.69) is 74.3 Å². The molecule has 2 aromatic carbocycles. The van der Waals surface area contributed by atoms with Crippen molar-refractivity contribution in [2.45, 2.75) is 52.3 Å². The number of benzene rings is 2. The van der Waals surface area contributed by atoms with Gasteiger partial charge in [-0.15, -0.1) is 0 Å². The monoisotopic (exact) mass is 352 g/mol. The molecule has 2 bridgehead atoms. The zero-order valence-corrected chi connectivity index (χ0v) is 16.0. The Kier molecular flexibility index (Phi) is 3.76. The van der Waals surface area contributed by atoms with Gasteiger partial charge in [0.2, 0.25) is 0 Å². The third kappa shape index (κ3) is 2.69. The van der Waals surface area contributed by atoms with Gasteiger partial charge in [-0.3, -0.25) is 4.90 Å². The van der Waals surface area contributed by atoms with Crippen molar-refractivity contribution in [2.24, 2.45) is 0 Å². The predicted molar refractivity (Wildman–Crippen MR) is 106 cm³/mol. The number of anilines is 1. The number of hydrogen-bond acceptors (Lipinski definition) is 2. The summed E-state index contributed by atoms with van der Waals surface area (Å²) in [6, 6.07) is 13.2. The summed E-state index contributed by atoms with van der Waals surface area (Å²) in [5, 5.41) is 4.28. The molecule has 25 heavy (non-hydrogen) atoms. The van der Waals surface area contributed by atoms with Crippen LogP contribution in [0.1, 0.15) is 48.6 Å². The second-order valence-corrected chi connectivity index (χ2v) is 7.78. The molecule has 1 N–H and O–H groups in total. The van der Waals surface area contributed by atoms with Crippen LogP contribution in [0.5, 0.6) is 5.75 Å². The molecule has 130 valence electrons. The lowest BCUT2D eigenvalue weighted by Gasteiger charge is -2.52. The summed E-state index contributed by atoms with van der Waals surface area (Å²) in [7, 11) is 0. The second-order valence-electron chi connectivity index (χ2n) is 7.39. The molecule has 3 nitrogen and oxygen atoms in total. The van der Waals surface area contributed by atoms with Gasteiger partial charge < -0.3 is 10.1 Å². The molecule has 0 amide bonds. The van der Waals surface area contributed by atoms with E-state index in [1.807, 2.05) is 0 Å². The van der Waals surface area contributed by atoms with Crippen LogP contribution in [-0.4, -0.2) is 10.8 Å². The summed E-state index contributed by atoms with van der Waals surface area (Å²) in [5.41, 5.74) is 5.62. The number of nitrogens with one attached hydrogen (secondary N) is 1. The summed E-state index contributed by atoms with van der Waals surface area (Å²) >= 11 is 5.75. The van der Waals surface area contributed by atoms with Gasteiger partial charge in [-0.1, -0.05) is 25.1 Å². The Morgan fingerprint density at radius 2 is 1.92 bits per heavy atom. The van der Waals surface area contributed by atoms with E-state index in [-0.39, 0.29) is 6.04 Å². The fourth-order valence-electron chi connectivity index (χ4n) is 4.11. The van der Waals surface area contributed by atoms with E-state index < -0.39 is 5.72 Å². The van der Waals surface area contributed by atoms with Crippen molar-refractivity contribution in [1.82, 2.24) is 5.32 Å². The minimum absolute atomic E-state index is 0.204. The number of thiocarbonyl (C=S) groups is 1. The van der Waals surface area contributed by atoms with Gasteiger partial charge in [-0.25, -0.2) is 0 Å². The zero-order valence-electron chi connectivity index (χ0n) is 15.2. The van der Waals surface area contributed by atoms with Crippen LogP contribution in [0.2, 0.25) is 0 Å². The molecule has 2 aromatic rings. The van der Waals surface area contributed by atoms with Gasteiger partial charge in [-0.05, 0) is 74.3 Å². The first-order valence-corrected chi connectivity index (χ1v) is 9.31. The maximum atomic E-state index is 6.51. The SMILES string of the molecule is CCc1ccc2c(c1)[C@@H]1C[C@@](C)(O2)N(c2cc(C)cc(C)c2)C(=S)N1. The summed E-state index contributed by atoms with van der Waals surface area (Å²) in [4.78, 5) is 2.13. The first kappa shape index (κ1) is 16.4. The molecule has 0 aromatic heterocycles. The van der Waals surface area contributed by atoms with Gasteiger partial charge in [-0.2, -0.15) is 0 Å². The van der Waals surface area contributed by atoms with E-state index in [0.29, 0.717) is 0 Å². The fourth-order valence-corrected chi connectivity index (χ4v) is 4.56. The maximum Gasteiger partial charge on any atom is 0.188 e. The Morgan fingerprint density at radius 1 is 1.20 bits per heavy atom. The number of rotatable bonds is 2. The molecule has 1 saturated heterocycles. The first-order chi connectivity index (χ1) is 11.9. The molecule has 0 spiro atoms. The summed E-state index contributed by atoms with van der Waals surface area (Å²) in [6.45, 7) is 8.55. The molecule has 2 aliphatic rings. The molecule has 0 radical (unpaired) electrons. The molecular formula is C21H24N2OS. The second kappa shape index (κ2) is 5.73. The van der Waals surface area contributed by atoms with Crippen LogP contribution in [0.25, 0.3) is 0 Å².